The predicted octanol–water partition coefficient (Wildman–Crippen LogP) is 9.25. The summed E-state index contributed by atoms with van der Waals surface area (Å²) >= 11 is 0. The molecule has 2 aliphatic heterocycles. The summed E-state index contributed by atoms with van der Waals surface area (Å²) in [6.45, 7) is 11.7. The molecule has 2 aliphatic rings. The van der Waals surface area contributed by atoms with E-state index in [4.69, 9.17) is 0 Å². The first-order valence-corrected chi connectivity index (χ1v) is 20.6. The lowest BCUT2D eigenvalue weighted by atomic mass is 9.87. The third-order valence-corrected chi connectivity index (χ3v) is 11.5. The third kappa shape index (κ3) is 8.23. The Morgan fingerprint density at radius 3 is 1.70 bits per heavy atom. The van der Waals surface area contributed by atoms with Gasteiger partial charge in [-0.2, -0.15) is 10.2 Å². The Balaban J connectivity index is 0.000000161. The second-order valence-electron chi connectivity index (χ2n) is 17.0. The van der Waals surface area contributed by atoms with Crippen molar-refractivity contribution in [2.24, 2.45) is 0 Å². The van der Waals surface area contributed by atoms with E-state index in [1.165, 1.54) is 5.56 Å². The Labute approximate surface area is 363 Å². The van der Waals surface area contributed by atoms with Crippen molar-refractivity contribution in [3.8, 4) is 0 Å². The molecule has 0 spiro atoms. The summed E-state index contributed by atoms with van der Waals surface area (Å²) in [6, 6.07) is 30.3. The molecule has 8 aromatic rings. The number of H-pyrrole nitrogens is 2. The van der Waals surface area contributed by atoms with E-state index in [2.05, 4.69) is 90.7 Å². The number of nitrogens with zero attached hydrogens (tertiary/aromatic N) is 5. The lowest BCUT2D eigenvalue weighted by molar-refractivity contribution is -0.116. The maximum Gasteiger partial charge on any atom is 0.259 e. The molecule has 0 fully saturated rings. The second kappa shape index (κ2) is 16.1. The van der Waals surface area contributed by atoms with Gasteiger partial charge in [0.05, 0.1) is 34.6 Å². The molecule has 7 N–H and O–H groups in total. The molecule has 15 nitrogen and oxygen atoms in total. The molecular formula is C48H46N12O3. The van der Waals surface area contributed by atoms with Crippen LogP contribution in [0.5, 0.6) is 0 Å². The first kappa shape index (κ1) is 40.3. The van der Waals surface area contributed by atoms with Crippen LogP contribution in [0.2, 0.25) is 0 Å². The van der Waals surface area contributed by atoms with Gasteiger partial charge in [-0.15, -0.1) is 0 Å². The number of anilines is 8. The zero-order valence-corrected chi connectivity index (χ0v) is 35.4. The minimum atomic E-state index is -0.292. The van der Waals surface area contributed by atoms with E-state index >= 15 is 0 Å². The van der Waals surface area contributed by atoms with Crippen LogP contribution < -0.4 is 31.5 Å². The molecular weight excluding hydrogens is 793 g/mol. The van der Waals surface area contributed by atoms with E-state index in [-0.39, 0.29) is 28.6 Å². The van der Waals surface area contributed by atoms with Crippen LogP contribution in [0.3, 0.4) is 0 Å². The number of hydrogen-bond acceptors (Lipinski definition) is 10. The van der Waals surface area contributed by atoms with Gasteiger partial charge >= 0.3 is 0 Å². The SMILES string of the molecule is CC(=O)N1CC(C)(C)c2ccc(NC(=O)c3cccnc3Nc3ccc4cn[nH]c4c3)cc21.CC1(C)CNc2cc(NC(=O)c3cccnc3Nc3ccc4cn[nH]c4c3)ccc21. The summed E-state index contributed by atoms with van der Waals surface area (Å²) in [7, 11) is 0. The number of benzene rings is 4. The molecule has 0 unspecified atom stereocenters. The summed E-state index contributed by atoms with van der Waals surface area (Å²) in [4.78, 5) is 48.8. The normalized spacial score (nSPS) is 14.2. The van der Waals surface area contributed by atoms with Gasteiger partial charge in [0.25, 0.3) is 11.8 Å². The number of carbonyl (C=O) groups excluding carboxylic acids is 3. The van der Waals surface area contributed by atoms with E-state index in [0.29, 0.717) is 35.0 Å². The van der Waals surface area contributed by atoms with E-state index in [9.17, 15) is 14.4 Å². The molecule has 15 heteroatoms. The summed E-state index contributed by atoms with van der Waals surface area (Å²) in [5.41, 5.74) is 9.86. The zero-order chi connectivity index (χ0) is 43.9. The Morgan fingerprint density at radius 1 is 0.619 bits per heavy atom. The lowest BCUT2D eigenvalue weighted by Gasteiger charge is -2.19. The first-order chi connectivity index (χ1) is 30.3. The monoisotopic (exact) mass is 838 g/mol. The average Bonchev–Trinajstić information content (AvgIpc) is 4.06. The predicted molar refractivity (Wildman–Crippen MR) is 249 cm³/mol. The standard InChI is InChI=1S/C25H24N6O2.C23H22N6O/c1-15(32)31-14-25(2,3)20-9-8-18(12-22(20)31)29-24(33)19-5-4-10-26-23(19)28-17-7-6-16-13-27-30-21(16)11-17;1-23(2)13-25-20-11-16(7-8-18(20)23)28-22(30)17-4-3-9-24-21(17)27-15-6-5-14-12-26-29-19(14)10-15/h4-13H,14H2,1-3H3,(H,26,28)(H,27,30)(H,29,33);3-12,25H,13H2,1-2H3,(H,24,27)(H,26,29)(H,28,30). The van der Waals surface area contributed by atoms with Crippen LogP contribution in [0.1, 0.15) is 66.5 Å². The highest BCUT2D eigenvalue weighted by molar-refractivity contribution is 6.09. The molecule has 0 aliphatic carbocycles. The van der Waals surface area contributed by atoms with Crippen molar-refractivity contribution in [1.82, 2.24) is 30.4 Å². The van der Waals surface area contributed by atoms with E-state index in [1.807, 2.05) is 66.7 Å². The van der Waals surface area contributed by atoms with E-state index < -0.39 is 0 Å². The Morgan fingerprint density at radius 2 is 1.14 bits per heavy atom. The Kier molecular flexibility index (Phi) is 10.3. The number of fused-ring (bicyclic) bond motifs is 4. The number of aromatic nitrogens is 6. The Bertz CT molecular complexity index is 3060. The molecule has 0 saturated heterocycles. The maximum atomic E-state index is 13.2. The molecule has 4 aromatic carbocycles. The molecule has 0 bridgehead atoms. The summed E-state index contributed by atoms with van der Waals surface area (Å²) in [5, 5.41) is 31.8. The van der Waals surface area contributed by atoms with Gasteiger partial charge in [-0.1, -0.05) is 39.8 Å². The maximum absolute atomic E-state index is 13.2. The molecule has 0 radical (unpaired) electrons. The molecule has 63 heavy (non-hydrogen) atoms. The minimum Gasteiger partial charge on any atom is -0.384 e. The highest BCUT2D eigenvalue weighted by Crippen LogP contribution is 2.42. The fourth-order valence-electron chi connectivity index (χ4n) is 8.10. The zero-order valence-electron chi connectivity index (χ0n) is 35.4. The number of rotatable bonds is 8. The van der Waals surface area contributed by atoms with Crippen LogP contribution in [0.4, 0.5) is 45.8 Å². The first-order valence-electron chi connectivity index (χ1n) is 20.6. The van der Waals surface area contributed by atoms with Gasteiger partial charge in [-0.25, -0.2) is 9.97 Å². The number of amides is 3. The third-order valence-electron chi connectivity index (χ3n) is 11.5. The van der Waals surface area contributed by atoms with Gasteiger partial charge in [0.1, 0.15) is 11.6 Å². The fraction of sp³-hybridized carbons (Fsp3) is 0.188. The van der Waals surface area contributed by atoms with Crippen LogP contribution >= 0.6 is 0 Å². The van der Waals surface area contributed by atoms with Crippen LogP contribution in [0.25, 0.3) is 21.8 Å². The summed E-state index contributed by atoms with van der Waals surface area (Å²) < 4.78 is 0. The largest absolute Gasteiger partial charge is 0.384 e. The van der Waals surface area contributed by atoms with Gasteiger partial charge in [0.15, 0.2) is 0 Å². The summed E-state index contributed by atoms with van der Waals surface area (Å²) in [5.74, 6) is 0.416. The van der Waals surface area contributed by atoms with Gasteiger partial charge in [-0.3, -0.25) is 24.6 Å². The summed E-state index contributed by atoms with van der Waals surface area (Å²) in [6.07, 6.45) is 6.82. The molecule has 10 rings (SSSR count). The van der Waals surface area contributed by atoms with Crippen molar-refractivity contribution in [1.29, 1.82) is 0 Å². The van der Waals surface area contributed by atoms with Gasteiger partial charge < -0.3 is 31.5 Å². The molecule has 316 valence electrons. The quantitative estimate of drug-likeness (QED) is 0.0774. The number of hydrogen-bond donors (Lipinski definition) is 7. The van der Waals surface area contributed by atoms with Gasteiger partial charge in [0.2, 0.25) is 5.91 Å². The van der Waals surface area contributed by atoms with Crippen molar-refractivity contribution in [2.75, 3.05) is 44.6 Å². The van der Waals surface area contributed by atoms with Gasteiger partial charge in [-0.05, 0) is 96.1 Å². The number of pyridine rings is 2. The number of nitrogens with one attached hydrogen (secondary N) is 7. The number of carbonyl (C=O) groups is 3. The lowest BCUT2D eigenvalue weighted by Crippen LogP contribution is -2.32. The highest BCUT2D eigenvalue weighted by atomic mass is 16.2. The topological polar surface area (TPSA) is 198 Å². The number of aromatic amines is 2. The molecule has 3 amide bonds. The van der Waals surface area contributed by atoms with Crippen molar-refractivity contribution in [3.05, 3.63) is 144 Å². The van der Waals surface area contributed by atoms with Crippen LogP contribution in [-0.4, -0.2) is 61.2 Å². The van der Waals surface area contributed by atoms with Crippen LogP contribution in [-0.2, 0) is 15.6 Å². The van der Waals surface area contributed by atoms with E-state index in [0.717, 1.165) is 62.4 Å². The van der Waals surface area contributed by atoms with Crippen molar-refractivity contribution >= 4 is 85.3 Å². The van der Waals surface area contributed by atoms with Crippen molar-refractivity contribution < 1.29 is 14.4 Å². The molecule has 4 aromatic heterocycles. The average molecular weight is 839 g/mol. The Hall–Kier alpha value is -8.07. The molecule has 0 atom stereocenters. The molecule has 0 saturated carbocycles. The molecule has 6 heterocycles. The van der Waals surface area contributed by atoms with Gasteiger partial charge in [0, 0.05) is 88.1 Å². The van der Waals surface area contributed by atoms with Crippen molar-refractivity contribution in [3.63, 3.8) is 0 Å². The van der Waals surface area contributed by atoms with Crippen LogP contribution in [0.15, 0.2) is 122 Å². The van der Waals surface area contributed by atoms with Crippen molar-refractivity contribution in [2.45, 2.75) is 45.4 Å². The smallest absolute Gasteiger partial charge is 0.259 e. The van der Waals surface area contributed by atoms with Crippen LogP contribution in [0, 0.1) is 0 Å². The van der Waals surface area contributed by atoms with E-state index in [1.54, 1.807) is 60.9 Å². The minimum absolute atomic E-state index is 0.0155. The fourth-order valence-corrected chi connectivity index (χ4v) is 8.10. The second-order valence-corrected chi connectivity index (χ2v) is 17.0. The highest BCUT2D eigenvalue weighted by Gasteiger charge is 2.37.